The average molecular weight is 230 g/mol. The summed E-state index contributed by atoms with van der Waals surface area (Å²) < 4.78 is 4.82. The molecule has 0 heterocycles. The van der Waals surface area contributed by atoms with Crippen LogP contribution in [0.3, 0.4) is 0 Å². The Morgan fingerprint density at radius 2 is 2.12 bits per heavy atom. The molecule has 16 heavy (non-hydrogen) atoms. The minimum atomic E-state index is -0.633. The summed E-state index contributed by atoms with van der Waals surface area (Å²) in [5, 5.41) is 3.04. The van der Waals surface area contributed by atoms with Gasteiger partial charge in [-0.3, -0.25) is 4.79 Å². The third kappa shape index (κ3) is 4.10. The SMILES string of the molecule is CCCC(C)N(C)CC(C)(NC)C(=O)OC. The quantitative estimate of drug-likeness (QED) is 0.669. The van der Waals surface area contributed by atoms with Crippen molar-refractivity contribution in [3.8, 4) is 0 Å². The summed E-state index contributed by atoms with van der Waals surface area (Å²) in [5.41, 5.74) is -0.633. The summed E-state index contributed by atoms with van der Waals surface area (Å²) in [5.74, 6) is -0.217. The van der Waals surface area contributed by atoms with Gasteiger partial charge in [0.2, 0.25) is 0 Å². The second-order valence-electron chi connectivity index (χ2n) is 4.63. The highest BCUT2D eigenvalue weighted by molar-refractivity contribution is 5.80. The Morgan fingerprint density at radius 1 is 1.56 bits per heavy atom. The van der Waals surface area contributed by atoms with Crippen molar-refractivity contribution in [2.24, 2.45) is 0 Å². The van der Waals surface area contributed by atoms with Gasteiger partial charge in [0.25, 0.3) is 0 Å². The van der Waals surface area contributed by atoms with Crippen molar-refractivity contribution >= 4 is 5.97 Å². The molecule has 0 rings (SSSR count). The van der Waals surface area contributed by atoms with Crippen LogP contribution in [-0.2, 0) is 9.53 Å². The second kappa shape index (κ2) is 6.86. The number of hydrogen-bond acceptors (Lipinski definition) is 4. The van der Waals surface area contributed by atoms with Gasteiger partial charge in [0, 0.05) is 12.6 Å². The first-order valence-corrected chi connectivity index (χ1v) is 5.88. The smallest absolute Gasteiger partial charge is 0.327 e. The first kappa shape index (κ1) is 15.4. The van der Waals surface area contributed by atoms with Crippen LogP contribution in [0.1, 0.15) is 33.6 Å². The topological polar surface area (TPSA) is 41.6 Å². The molecule has 0 aliphatic carbocycles. The first-order chi connectivity index (χ1) is 7.41. The number of esters is 1. The fraction of sp³-hybridized carbons (Fsp3) is 0.917. The molecule has 0 spiro atoms. The highest BCUT2D eigenvalue weighted by Gasteiger charge is 2.34. The van der Waals surface area contributed by atoms with Gasteiger partial charge in [0.05, 0.1) is 7.11 Å². The van der Waals surface area contributed by atoms with E-state index in [2.05, 4.69) is 24.1 Å². The molecule has 2 atom stereocenters. The lowest BCUT2D eigenvalue weighted by Crippen LogP contribution is -2.56. The molecule has 0 aliphatic rings. The van der Waals surface area contributed by atoms with Crippen molar-refractivity contribution in [1.29, 1.82) is 0 Å². The highest BCUT2D eigenvalue weighted by Crippen LogP contribution is 2.12. The minimum Gasteiger partial charge on any atom is -0.468 e. The monoisotopic (exact) mass is 230 g/mol. The van der Waals surface area contributed by atoms with Crippen molar-refractivity contribution in [3.63, 3.8) is 0 Å². The van der Waals surface area contributed by atoms with Gasteiger partial charge >= 0.3 is 5.97 Å². The molecule has 1 N–H and O–H groups in total. The number of nitrogens with one attached hydrogen (secondary N) is 1. The van der Waals surface area contributed by atoms with Crippen molar-refractivity contribution < 1.29 is 9.53 Å². The Balaban J connectivity index is 4.47. The van der Waals surface area contributed by atoms with Gasteiger partial charge in [0.15, 0.2) is 0 Å². The Morgan fingerprint density at radius 3 is 2.50 bits per heavy atom. The van der Waals surface area contributed by atoms with Gasteiger partial charge in [-0.1, -0.05) is 13.3 Å². The Bertz CT molecular complexity index is 221. The molecule has 0 saturated heterocycles. The van der Waals surface area contributed by atoms with E-state index in [1.807, 2.05) is 14.0 Å². The average Bonchev–Trinajstić information content (AvgIpc) is 2.27. The largest absolute Gasteiger partial charge is 0.468 e. The fourth-order valence-corrected chi connectivity index (χ4v) is 1.76. The normalized spacial score (nSPS) is 16.9. The van der Waals surface area contributed by atoms with Crippen molar-refractivity contribution in [3.05, 3.63) is 0 Å². The number of hydrogen-bond donors (Lipinski definition) is 1. The van der Waals surface area contributed by atoms with E-state index in [-0.39, 0.29) is 5.97 Å². The van der Waals surface area contributed by atoms with Crippen LogP contribution >= 0.6 is 0 Å². The molecular formula is C12H26N2O2. The van der Waals surface area contributed by atoms with Gasteiger partial charge in [0.1, 0.15) is 5.54 Å². The number of carbonyl (C=O) groups is 1. The number of likely N-dealkylation sites (N-methyl/N-ethyl adjacent to an activating group) is 2. The Kier molecular flexibility index (Phi) is 6.60. The van der Waals surface area contributed by atoms with Gasteiger partial charge in [-0.2, -0.15) is 0 Å². The van der Waals surface area contributed by atoms with Gasteiger partial charge < -0.3 is 15.0 Å². The third-order valence-corrected chi connectivity index (χ3v) is 3.21. The lowest BCUT2D eigenvalue weighted by molar-refractivity contribution is -0.148. The van der Waals surface area contributed by atoms with Crippen LogP contribution in [0.2, 0.25) is 0 Å². The standard InChI is InChI=1S/C12H26N2O2/c1-7-8-10(2)14(5)9-12(3,13-4)11(15)16-6/h10,13H,7-9H2,1-6H3. The van der Waals surface area contributed by atoms with E-state index < -0.39 is 5.54 Å². The van der Waals surface area contributed by atoms with Crippen molar-refractivity contribution in [2.75, 3.05) is 27.7 Å². The Hall–Kier alpha value is -0.610. The van der Waals surface area contributed by atoms with Gasteiger partial charge in [-0.05, 0) is 34.4 Å². The van der Waals surface area contributed by atoms with E-state index in [0.29, 0.717) is 12.6 Å². The lowest BCUT2D eigenvalue weighted by atomic mass is 10.0. The van der Waals surface area contributed by atoms with Crippen LogP contribution in [-0.4, -0.2) is 50.2 Å². The summed E-state index contributed by atoms with van der Waals surface area (Å²) in [4.78, 5) is 13.9. The number of ether oxygens (including phenoxy) is 1. The van der Waals surface area contributed by atoms with E-state index in [1.54, 1.807) is 7.05 Å². The number of nitrogens with zero attached hydrogens (tertiary/aromatic N) is 1. The van der Waals surface area contributed by atoms with E-state index in [1.165, 1.54) is 7.11 Å². The number of carbonyl (C=O) groups excluding carboxylic acids is 1. The molecule has 4 heteroatoms. The van der Waals surface area contributed by atoms with Crippen LogP contribution in [0.25, 0.3) is 0 Å². The third-order valence-electron chi connectivity index (χ3n) is 3.21. The van der Waals surface area contributed by atoms with Crippen LogP contribution in [0.5, 0.6) is 0 Å². The number of rotatable bonds is 7. The van der Waals surface area contributed by atoms with Gasteiger partial charge in [-0.15, -0.1) is 0 Å². The maximum Gasteiger partial charge on any atom is 0.327 e. The lowest BCUT2D eigenvalue weighted by Gasteiger charge is -2.34. The molecule has 0 amide bonds. The van der Waals surface area contributed by atoms with Crippen LogP contribution in [0.4, 0.5) is 0 Å². The molecular weight excluding hydrogens is 204 g/mol. The van der Waals surface area contributed by atoms with Crippen LogP contribution in [0, 0.1) is 0 Å². The summed E-state index contributed by atoms with van der Waals surface area (Å²) in [6.07, 6.45) is 2.29. The first-order valence-electron chi connectivity index (χ1n) is 5.88. The summed E-state index contributed by atoms with van der Waals surface area (Å²) in [6.45, 7) is 6.87. The van der Waals surface area contributed by atoms with Crippen LogP contribution < -0.4 is 5.32 Å². The Labute approximate surface area is 99.3 Å². The summed E-state index contributed by atoms with van der Waals surface area (Å²) >= 11 is 0. The van der Waals surface area contributed by atoms with E-state index >= 15 is 0 Å². The van der Waals surface area contributed by atoms with E-state index in [4.69, 9.17) is 4.74 Å². The number of methoxy groups -OCH3 is 1. The zero-order valence-electron chi connectivity index (χ0n) is 11.5. The minimum absolute atomic E-state index is 0.217. The zero-order valence-corrected chi connectivity index (χ0v) is 11.5. The molecule has 0 aromatic rings. The highest BCUT2D eigenvalue weighted by atomic mass is 16.5. The molecule has 96 valence electrons. The zero-order chi connectivity index (χ0) is 12.8. The molecule has 0 aromatic heterocycles. The van der Waals surface area contributed by atoms with E-state index in [0.717, 1.165) is 12.8 Å². The molecule has 0 aliphatic heterocycles. The molecule has 0 fully saturated rings. The van der Waals surface area contributed by atoms with E-state index in [9.17, 15) is 4.79 Å². The van der Waals surface area contributed by atoms with Crippen molar-refractivity contribution in [2.45, 2.75) is 45.2 Å². The predicted octanol–water partition coefficient (Wildman–Crippen LogP) is 1.26. The fourth-order valence-electron chi connectivity index (χ4n) is 1.76. The maximum absolute atomic E-state index is 11.7. The second-order valence-corrected chi connectivity index (χ2v) is 4.63. The summed E-state index contributed by atoms with van der Waals surface area (Å²) in [7, 11) is 5.25. The van der Waals surface area contributed by atoms with Crippen molar-refractivity contribution in [1.82, 2.24) is 10.2 Å². The predicted molar refractivity (Wildman–Crippen MR) is 66.5 cm³/mol. The molecule has 0 saturated carbocycles. The molecule has 0 radical (unpaired) electrons. The molecule has 4 nitrogen and oxygen atoms in total. The molecule has 2 unspecified atom stereocenters. The molecule has 0 aromatic carbocycles. The van der Waals surface area contributed by atoms with Gasteiger partial charge in [-0.25, -0.2) is 0 Å². The van der Waals surface area contributed by atoms with Crippen LogP contribution in [0.15, 0.2) is 0 Å². The summed E-state index contributed by atoms with van der Waals surface area (Å²) in [6, 6.07) is 0.474. The molecule has 0 bridgehead atoms. The maximum atomic E-state index is 11.7.